The Morgan fingerprint density at radius 3 is 2.68 bits per heavy atom. The molecule has 0 radical (unpaired) electrons. The van der Waals surface area contributed by atoms with Crippen molar-refractivity contribution in [2.45, 2.75) is 18.5 Å². The fourth-order valence-electron chi connectivity index (χ4n) is 2.93. The lowest BCUT2D eigenvalue weighted by Crippen LogP contribution is -2.18. The quantitative estimate of drug-likeness (QED) is 0.614. The first-order valence-corrected chi connectivity index (χ1v) is 7.74. The van der Waals surface area contributed by atoms with Crippen molar-refractivity contribution in [1.82, 2.24) is 4.98 Å². The lowest BCUT2D eigenvalue weighted by molar-refractivity contribution is -0.138. The van der Waals surface area contributed by atoms with Crippen LogP contribution in [0.15, 0.2) is 36.5 Å². The molecule has 2 atom stereocenters. The third kappa shape index (κ3) is 3.63. The highest BCUT2D eigenvalue weighted by Gasteiger charge is 2.42. The number of benzene rings is 1. The van der Waals surface area contributed by atoms with Crippen LogP contribution in [0.2, 0.25) is 0 Å². The van der Waals surface area contributed by atoms with Gasteiger partial charge in [-0.15, -0.1) is 0 Å². The van der Waals surface area contributed by atoms with Crippen molar-refractivity contribution >= 4 is 5.82 Å². The Morgan fingerprint density at radius 2 is 2.00 bits per heavy atom. The largest absolute Gasteiger partial charge is 0.496 e. The lowest BCUT2D eigenvalue weighted by Gasteiger charge is -2.16. The van der Waals surface area contributed by atoms with E-state index in [1.807, 2.05) is 29.7 Å². The molecule has 0 saturated heterocycles. The van der Waals surface area contributed by atoms with Crippen molar-refractivity contribution in [2.75, 3.05) is 19.1 Å². The zero-order chi connectivity index (χ0) is 18.0. The number of methoxy groups -OCH3 is 1. The van der Waals surface area contributed by atoms with Crippen LogP contribution in [0.25, 0.3) is 0 Å². The van der Waals surface area contributed by atoms with Gasteiger partial charge in [0.2, 0.25) is 0 Å². The first-order chi connectivity index (χ1) is 12.0. The minimum atomic E-state index is -4.61. The average molecular weight is 353 g/mol. The van der Waals surface area contributed by atoms with Gasteiger partial charge in [-0.25, -0.2) is 10.8 Å². The molecule has 1 aliphatic carbocycles. The molecule has 0 unspecified atom stereocenters. The lowest BCUT2D eigenvalue weighted by atomic mass is 10.1. The number of hydrazine groups is 1. The summed E-state index contributed by atoms with van der Waals surface area (Å²) in [6, 6.07) is 8.83. The molecule has 0 spiro atoms. The highest BCUT2D eigenvalue weighted by molar-refractivity contribution is 5.52. The minimum absolute atomic E-state index is 0.139. The van der Waals surface area contributed by atoms with Gasteiger partial charge in [-0.2, -0.15) is 13.2 Å². The first kappa shape index (κ1) is 17.3. The molecule has 1 aromatic heterocycles. The van der Waals surface area contributed by atoms with Crippen LogP contribution in [0.4, 0.5) is 19.0 Å². The SMILES string of the molecule is COc1ccccc1[C@@H]1C[C@H]1COc1ccnc(NN)c1C(F)(F)F. The molecule has 0 aliphatic heterocycles. The molecule has 0 amide bonds. The Bertz CT molecular complexity index is 752. The molecule has 2 aromatic rings. The zero-order valence-electron chi connectivity index (χ0n) is 13.5. The number of pyridine rings is 1. The fourth-order valence-corrected chi connectivity index (χ4v) is 2.93. The summed E-state index contributed by atoms with van der Waals surface area (Å²) in [4.78, 5) is 3.60. The molecule has 8 heteroatoms. The second kappa shape index (κ2) is 6.79. The maximum absolute atomic E-state index is 13.2. The summed E-state index contributed by atoms with van der Waals surface area (Å²) < 4.78 is 50.5. The summed E-state index contributed by atoms with van der Waals surface area (Å²) in [5.41, 5.74) is 2.02. The summed E-state index contributed by atoms with van der Waals surface area (Å²) >= 11 is 0. The van der Waals surface area contributed by atoms with Gasteiger partial charge in [-0.05, 0) is 30.0 Å². The van der Waals surface area contributed by atoms with Crippen molar-refractivity contribution in [3.63, 3.8) is 0 Å². The van der Waals surface area contributed by atoms with Crippen LogP contribution >= 0.6 is 0 Å². The van der Waals surface area contributed by atoms with Crippen molar-refractivity contribution in [3.8, 4) is 11.5 Å². The number of anilines is 1. The van der Waals surface area contributed by atoms with Crippen LogP contribution in [-0.4, -0.2) is 18.7 Å². The van der Waals surface area contributed by atoms with E-state index in [-0.39, 0.29) is 24.2 Å². The van der Waals surface area contributed by atoms with E-state index in [9.17, 15) is 13.2 Å². The zero-order valence-corrected chi connectivity index (χ0v) is 13.5. The summed E-state index contributed by atoms with van der Waals surface area (Å²) in [7, 11) is 1.60. The highest BCUT2D eigenvalue weighted by atomic mass is 19.4. The van der Waals surface area contributed by atoms with Gasteiger partial charge in [0.15, 0.2) is 5.82 Å². The van der Waals surface area contributed by atoms with Crippen LogP contribution in [0.5, 0.6) is 11.5 Å². The molecule has 0 bridgehead atoms. The number of nitrogens with one attached hydrogen (secondary N) is 1. The Hall–Kier alpha value is -2.48. The van der Waals surface area contributed by atoms with E-state index in [1.165, 1.54) is 12.3 Å². The van der Waals surface area contributed by atoms with Crippen molar-refractivity contribution in [1.29, 1.82) is 0 Å². The summed E-state index contributed by atoms with van der Waals surface area (Å²) in [5, 5.41) is 0. The molecule has 1 fully saturated rings. The second-order valence-electron chi connectivity index (χ2n) is 5.83. The van der Waals surface area contributed by atoms with Crippen LogP contribution < -0.4 is 20.7 Å². The molecule has 3 rings (SSSR count). The number of para-hydroxylation sites is 1. The fraction of sp³-hybridized carbons (Fsp3) is 0.353. The monoisotopic (exact) mass is 353 g/mol. The number of nitrogen functional groups attached to an aromatic ring is 1. The Kier molecular flexibility index (Phi) is 4.71. The number of hydrogen-bond donors (Lipinski definition) is 2. The Balaban J connectivity index is 1.72. The van der Waals surface area contributed by atoms with Crippen molar-refractivity contribution in [2.24, 2.45) is 11.8 Å². The van der Waals surface area contributed by atoms with Crippen molar-refractivity contribution < 1.29 is 22.6 Å². The standard InChI is InChI=1S/C17H18F3N3O2/c1-24-13-5-3-2-4-11(13)12-8-10(12)9-25-14-6-7-22-16(23-21)15(14)17(18,19)20/h2-7,10,12H,8-9,21H2,1H3,(H,22,23)/t10-,12+/m0/s1. The van der Waals surface area contributed by atoms with Gasteiger partial charge < -0.3 is 14.9 Å². The molecule has 5 nitrogen and oxygen atoms in total. The van der Waals surface area contributed by atoms with Gasteiger partial charge in [0.1, 0.15) is 17.1 Å². The van der Waals surface area contributed by atoms with Crippen LogP contribution in [0, 0.1) is 5.92 Å². The molecular formula is C17H18F3N3O2. The Labute approximate surface area is 142 Å². The molecule has 1 aromatic carbocycles. The number of hydrogen-bond acceptors (Lipinski definition) is 5. The third-order valence-corrected chi connectivity index (χ3v) is 4.25. The van der Waals surface area contributed by atoms with E-state index < -0.39 is 17.6 Å². The smallest absolute Gasteiger partial charge is 0.423 e. The average Bonchev–Trinajstić information content (AvgIpc) is 3.38. The predicted octanol–water partition coefficient (Wildman–Crippen LogP) is 3.58. The molecule has 1 aliphatic rings. The number of rotatable bonds is 6. The Morgan fingerprint density at radius 1 is 1.24 bits per heavy atom. The molecule has 1 saturated carbocycles. The van der Waals surface area contributed by atoms with E-state index in [2.05, 4.69) is 4.98 Å². The van der Waals surface area contributed by atoms with Crippen LogP contribution in [-0.2, 0) is 6.18 Å². The van der Waals surface area contributed by atoms with Gasteiger partial charge in [0.25, 0.3) is 0 Å². The van der Waals surface area contributed by atoms with E-state index in [4.69, 9.17) is 15.3 Å². The molecule has 134 valence electrons. The van der Waals surface area contributed by atoms with Crippen LogP contribution in [0.3, 0.4) is 0 Å². The number of aromatic nitrogens is 1. The molecular weight excluding hydrogens is 335 g/mol. The molecule has 3 N–H and O–H groups in total. The van der Waals surface area contributed by atoms with Gasteiger partial charge >= 0.3 is 6.18 Å². The predicted molar refractivity (Wildman–Crippen MR) is 86.4 cm³/mol. The van der Waals surface area contributed by atoms with E-state index in [1.54, 1.807) is 7.11 Å². The summed E-state index contributed by atoms with van der Waals surface area (Å²) in [6.45, 7) is 0.180. The van der Waals surface area contributed by atoms with E-state index >= 15 is 0 Å². The molecule has 1 heterocycles. The first-order valence-electron chi connectivity index (χ1n) is 7.74. The summed E-state index contributed by atoms with van der Waals surface area (Å²) in [6.07, 6.45) is -2.55. The third-order valence-electron chi connectivity index (χ3n) is 4.25. The van der Waals surface area contributed by atoms with E-state index in [0.29, 0.717) is 0 Å². The maximum atomic E-state index is 13.2. The van der Waals surface area contributed by atoms with E-state index in [0.717, 1.165) is 17.7 Å². The second-order valence-corrected chi connectivity index (χ2v) is 5.83. The minimum Gasteiger partial charge on any atom is -0.496 e. The van der Waals surface area contributed by atoms with Gasteiger partial charge in [0.05, 0.1) is 13.7 Å². The van der Waals surface area contributed by atoms with Gasteiger partial charge in [-0.3, -0.25) is 0 Å². The number of nitrogens with two attached hydrogens (primary N) is 1. The maximum Gasteiger partial charge on any atom is 0.423 e. The van der Waals surface area contributed by atoms with Crippen molar-refractivity contribution in [3.05, 3.63) is 47.7 Å². The number of halogens is 3. The normalized spacial score (nSPS) is 19.4. The number of nitrogens with zero attached hydrogens (tertiary/aromatic N) is 1. The number of ether oxygens (including phenoxy) is 2. The van der Waals surface area contributed by atoms with Gasteiger partial charge in [-0.1, -0.05) is 18.2 Å². The topological polar surface area (TPSA) is 69.4 Å². The summed E-state index contributed by atoms with van der Waals surface area (Å²) in [5.74, 6) is 5.54. The number of alkyl halides is 3. The van der Waals surface area contributed by atoms with Gasteiger partial charge in [0, 0.05) is 12.1 Å². The molecule has 25 heavy (non-hydrogen) atoms. The van der Waals surface area contributed by atoms with Crippen LogP contribution in [0.1, 0.15) is 23.5 Å². The highest BCUT2D eigenvalue weighted by Crippen LogP contribution is 2.50.